The molecule has 146 valence electrons. The third kappa shape index (κ3) is 4.13. The van der Waals surface area contributed by atoms with Crippen molar-refractivity contribution in [2.24, 2.45) is 5.92 Å². The van der Waals surface area contributed by atoms with Crippen molar-refractivity contribution in [2.45, 2.75) is 38.6 Å². The molecular formula is C21H25N5O2. The van der Waals surface area contributed by atoms with Gasteiger partial charge in [-0.15, -0.1) is 0 Å². The van der Waals surface area contributed by atoms with Crippen molar-refractivity contribution < 1.29 is 9.59 Å². The van der Waals surface area contributed by atoms with Crippen molar-refractivity contribution in [2.75, 3.05) is 23.3 Å². The summed E-state index contributed by atoms with van der Waals surface area (Å²) in [5.41, 5.74) is 0.932. The highest BCUT2D eigenvalue weighted by Gasteiger charge is 2.27. The molecule has 2 fully saturated rings. The molecule has 0 bridgehead atoms. The second-order valence-electron chi connectivity index (χ2n) is 7.62. The summed E-state index contributed by atoms with van der Waals surface area (Å²) in [6, 6.07) is 11.3. The Labute approximate surface area is 164 Å². The molecule has 2 amide bonds. The van der Waals surface area contributed by atoms with Crippen LogP contribution < -0.4 is 15.5 Å². The number of anilines is 2. The standard InChI is InChI=1S/C21H25N5O2/c1-14-9-11-26(12-10-14)18-13-17(22-16-7-8-19(27)25-21(16)28)23-20(24-18)15-5-3-2-4-6-15/h2-6,13-14,16H,7-12H2,1H3,(H,22,23,24)(H,25,27,28). The zero-order valence-corrected chi connectivity index (χ0v) is 16.0. The zero-order chi connectivity index (χ0) is 19.5. The Morgan fingerprint density at radius 3 is 2.54 bits per heavy atom. The smallest absolute Gasteiger partial charge is 0.249 e. The topological polar surface area (TPSA) is 87.2 Å². The zero-order valence-electron chi connectivity index (χ0n) is 16.0. The van der Waals surface area contributed by atoms with Crippen molar-refractivity contribution in [1.29, 1.82) is 0 Å². The van der Waals surface area contributed by atoms with Crippen molar-refractivity contribution >= 4 is 23.5 Å². The Morgan fingerprint density at radius 1 is 1.07 bits per heavy atom. The van der Waals surface area contributed by atoms with Gasteiger partial charge in [0.15, 0.2) is 5.82 Å². The van der Waals surface area contributed by atoms with Gasteiger partial charge >= 0.3 is 0 Å². The second-order valence-corrected chi connectivity index (χ2v) is 7.62. The van der Waals surface area contributed by atoms with E-state index in [9.17, 15) is 9.59 Å². The van der Waals surface area contributed by atoms with E-state index in [2.05, 4.69) is 27.4 Å². The Bertz CT molecular complexity index is 862. The lowest BCUT2D eigenvalue weighted by atomic mass is 9.99. The molecule has 0 radical (unpaired) electrons. The average Bonchev–Trinajstić information content (AvgIpc) is 2.71. The molecule has 0 spiro atoms. The van der Waals surface area contributed by atoms with Crippen LogP contribution in [0.3, 0.4) is 0 Å². The fourth-order valence-corrected chi connectivity index (χ4v) is 3.63. The number of benzene rings is 1. The maximum Gasteiger partial charge on any atom is 0.249 e. The summed E-state index contributed by atoms with van der Waals surface area (Å²) in [5, 5.41) is 5.59. The van der Waals surface area contributed by atoms with E-state index in [1.807, 2.05) is 36.4 Å². The Morgan fingerprint density at radius 2 is 1.82 bits per heavy atom. The summed E-state index contributed by atoms with van der Waals surface area (Å²) >= 11 is 0. The van der Waals surface area contributed by atoms with Crippen molar-refractivity contribution in [3.63, 3.8) is 0 Å². The van der Waals surface area contributed by atoms with Crippen LogP contribution >= 0.6 is 0 Å². The fraction of sp³-hybridized carbons (Fsp3) is 0.429. The van der Waals surface area contributed by atoms with Crippen LogP contribution in [0.4, 0.5) is 11.6 Å². The van der Waals surface area contributed by atoms with Crippen molar-refractivity contribution in [3.05, 3.63) is 36.4 Å². The Balaban J connectivity index is 1.64. The fourth-order valence-electron chi connectivity index (χ4n) is 3.63. The molecule has 2 saturated heterocycles. The number of nitrogens with zero attached hydrogens (tertiary/aromatic N) is 3. The highest BCUT2D eigenvalue weighted by atomic mass is 16.2. The van der Waals surface area contributed by atoms with Gasteiger partial charge in [-0.25, -0.2) is 9.97 Å². The van der Waals surface area contributed by atoms with Crippen molar-refractivity contribution in [1.82, 2.24) is 15.3 Å². The van der Waals surface area contributed by atoms with E-state index in [-0.39, 0.29) is 11.8 Å². The predicted molar refractivity (Wildman–Crippen MR) is 108 cm³/mol. The highest BCUT2D eigenvalue weighted by molar-refractivity contribution is 6.01. The number of piperidine rings is 2. The van der Waals surface area contributed by atoms with Crippen LogP contribution in [-0.2, 0) is 9.59 Å². The minimum absolute atomic E-state index is 0.223. The minimum atomic E-state index is -0.467. The molecule has 28 heavy (non-hydrogen) atoms. The maximum absolute atomic E-state index is 12.1. The number of hydrogen-bond acceptors (Lipinski definition) is 6. The SMILES string of the molecule is CC1CCN(c2cc(NC3CCC(=O)NC3=O)nc(-c3ccccc3)n2)CC1. The van der Waals surface area contributed by atoms with Crippen LogP contribution in [0.5, 0.6) is 0 Å². The van der Waals surface area contributed by atoms with E-state index in [0.29, 0.717) is 24.5 Å². The molecule has 2 aliphatic heterocycles. The summed E-state index contributed by atoms with van der Waals surface area (Å²) in [5.74, 6) is 2.31. The van der Waals surface area contributed by atoms with Gasteiger partial charge in [-0.2, -0.15) is 0 Å². The van der Waals surface area contributed by atoms with Gasteiger partial charge in [-0.1, -0.05) is 37.3 Å². The van der Waals surface area contributed by atoms with E-state index >= 15 is 0 Å². The molecule has 7 heteroatoms. The Kier molecular flexibility index (Phi) is 5.23. The molecule has 1 unspecified atom stereocenters. The first-order valence-corrected chi connectivity index (χ1v) is 9.88. The number of carbonyl (C=O) groups excluding carboxylic acids is 2. The summed E-state index contributed by atoms with van der Waals surface area (Å²) in [6.07, 6.45) is 3.07. The summed E-state index contributed by atoms with van der Waals surface area (Å²) in [4.78, 5) is 35.3. The molecule has 1 aromatic heterocycles. The largest absolute Gasteiger partial charge is 0.358 e. The first-order valence-electron chi connectivity index (χ1n) is 9.88. The average molecular weight is 379 g/mol. The van der Waals surface area contributed by atoms with Crippen LogP contribution in [-0.4, -0.2) is 40.9 Å². The first kappa shape index (κ1) is 18.4. The molecule has 2 aromatic rings. The second kappa shape index (κ2) is 7.96. The number of carbonyl (C=O) groups is 2. The summed E-state index contributed by atoms with van der Waals surface area (Å²) < 4.78 is 0. The molecule has 2 aliphatic rings. The van der Waals surface area contributed by atoms with Gasteiger partial charge in [0.05, 0.1) is 0 Å². The van der Waals surface area contributed by atoms with Gasteiger partial charge in [0.2, 0.25) is 11.8 Å². The van der Waals surface area contributed by atoms with E-state index < -0.39 is 6.04 Å². The summed E-state index contributed by atoms with van der Waals surface area (Å²) in [6.45, 7) is 4.21. The molecular weight excluding hydrogens is 354 g/mol. The quantitative estimate of drug-likeness (QED) is 0.794. The number of imide groups is 1. The molecule has 4 rings (SSSR count). The lowest BCUT2D eigenvalue weighted by Gasteiger charge is -2.31. The van der Waals surface area contributed by atoms with Crippen molar-refractivity contribution in [3.8, 4) is 11.4 Å². The number of nitrogens with one attached hydrogen (secondary N) is 2. The number of rotatable bonds is 4. The third-order valence-electron chi connectivity index (χ3n) is 5.41. The normalized spacial score (nSPS) is 20.8. The molecule has 0 aliphatic carbocycles. The molecule has 7 nitrogen and oxygen atoms in total. The minimum Gasteiger partial charge on any atom is -0.358 e. The first-order chi connectivity index (χ1) is 13.6. The van der Waals surface area contributed by atoms with Crippen LogP contribution in [0.2, 0.25) is 0 Å². The van der Waals surface area contributed by atoms with E-state index in [1.165, 1.54) is 0 Å². The van der Waals surface area contributed by atoms with Crippen LogP contribution in [0.1, 0.15) is 32.6 Å². The maximum atomic E-state index is 12.1. The van der Waals surface area contributed by atoms with Crippen LogP contribution in [0.15, 0.2) is 36.4 Å². The van der Waals surface area contributed by atoms with Gasteiger partial charge in [0.25, 0.3) is 0 Å². The molecule has 3 heterocycles. The lowest BCUT2D eigenvalue weighted by Crippen LogP contribution is -2.47. The van der Waals surface area contributed by atoms with E-state index in [0.717, 1.165) is 43.2 Å². The summed E-state index contributed by atoms with van der Waals surface area (Å²) in [7, 11) is 0. The van der Waals surface area contributed by atoms with Gasteiger partial charge < -0.3 is 10.2 Å². The monoisotopic (exact) mass is 379 g/mol. The molecule has 1 atom stereocenters. The molecule has 0 saturated carbocycles. The van der Waals surface area contributed by atoms with Gasteiger partial charge in [0.1, 0.15) is 17.7 Å². The van der Waals surface area contributed by atoms with Gasteiger partial charge in [0, 0.05) is 31.1 Å². The van der Waals surface area contributed by atoms with E-state index in [4.69, 9.17) is 4.98 Å². The van der Waals surface area contributed by atoms with Gasteiger partial charge in [-0.05, 0) is 25.2 Å². The molecule has 1 aromatic carbocycles. The van der Waals surface area contributed by atoms with Crippen LogP contribution in [0, 0.1) is 5.92 Å². The highest BCUT2D eigenvalue weighted by Crippen LogP contribution is 2.27. The predicted octanol–water partition coefficient (Wildman–Crippen LogP) is 2.60. The van der Waals surface area contributed by atoms with E-state index in [1.54, 1.807) is 0 Å². The molecule has 2 N–H and O–H groups in total. The van der Waals surface area contributed by atoms with Crippen LogP contribution in [0.25, 0.3) is 11.4 Å². The third-order valence-corrected chi connectivity index (χ3v) is 5.41. The number of amides is 2. The lowest BCUT2D eigenvalue weighted by molar-refractivity contribution is -0.133. The Hall–Kier alpha value is -2.96. The number of hydrogen-bond donors (Lipinski definition) is 2. The van der Waals surface area contributed by atoms with Gasteiger partial charge in [-0.3, -0.25) is 14.9 Å². The number of aromatic nitrogens is 2.